The molecule has 0 saturated heterocycles. The van der Waals surface area contributed by atoms with Crippen LogP contribution in [0.3, 0.4) is 0 Å². The van der Waals surface area contributed by atoms with Crippen molar-refractivity contribution in [2.75, 3.05) is 40.9 Å². The Kier molecular flexibility index (Phi) is 42.7. The number of rotatable bonds is 46. The molecule has 63 heavy (non-hydrogen) atoms. The minimum absolute atomic E-state index is 0.0148. The molecule has 9 nitrogen and oxygen atoms in total. The van der Waals surface area contributed by atoms with Gasteiger partial charge in [-0.15, -0.1) is 0 Å². The van der Waals surface area contributed by atoms with Crippen LogP contribution < -0.4 is 5.32 Å². The van der Waals surface area contributed by atoms with E-state index < -0.39 is 32.7 Å². The predicted molar refractivity (Wildman–Crippen MR) is 269 cm³/mol. The maximum atomic E-state index is 13.0. The lowest BCUT2D eigenvalue weighted by atomic mass is 10.0. The van der Waals surface area contributed by atoms with Crippen LogP contribution in [-0.2, 0) is 18.4 Å². The van der Waals surface area contributed by atoms with Gasteiger partial charge >= 0.3 is 7.82 Å². The molecule has 1 amide bonds. The van der Waals surface area contributed by atoms with E-state index in [-0.39, 0.29) is 18.9 Å². The van der Waals surface area contributed by atoms with Crippen molar-refractivity contribution >= 4 is 13.7 Å². The van der Waals surface area contributed by atoms with Crippen molar-refractivity contribution in [1.82, 2.24) is 5.32 Å². The van der Waals surface area contributed by atoms with Crippen molar-refractivity contribution in [3.05, 3.63) is 60.8 Å². The molecule has 0 bridgehead atoms. The highest BCUT2D eigenvalue weighted by Gasteiger charge is 2.31. The van der Waals surface area contributed by atoms with Crippen LogP contribution in [-0.4, -0.2) is 84.6 Å². The van der Waals surface area contributed by atoms with E-state index >= 15 is 0 Å². The predicted octanol–water partition coefficient (Wildman–Crippen LogP) is 13.9. The van der Waals surface area contributed by atoms with E-state index in [2.05, 4.69) is 79.9 Å². The Labute approximate surface area is 388 Å². The highest BCUT2D eigenvalue weighted by atomic mass is 31.2. The molecular weight excluding hydrogens is 808 g/mol. The number of carbonyl (C=O) groups excluding carboxylic acids is 1. The Hall–Kier alpha value is -1.84. The molecular formula is C53H100N2O7P+. The van der Waals surface area contributed by atoms with Gasteiger partial charge in [0.2, 0.25) is 5.91 Å². The van der Waals surface area contributed by atoms with Crippen LogP contribution in [0.4, 0.5) is 0 Å². The number of amides is 1. The fourth-order valence-corrected chi connectivity index (χ4v) is 7.99. The van der Waals surface area contributed by atoms with Gasteiger partial charge in [-0.2, -0.15) is 0 Å². The van der Waals surface area contributed by atoms with Gasteiger partial charge in [-0.1, -0.05) is 190 Å². The Balaban J connectivity index is 4.27. The number of hydrogen-bond acceptors (Lipinski definition) is 6. The summed E-state index contributed by atoms with van der Waals surface area (Å²) in [7, 11) is 1.41. The number of carbonyl (C=O) groups is 1. The van der Waals surface area contributed by atoms with Crippen LogP contribution in [0.25, 0.3) is 0 Å². The summed E-state index contributed by atoms with van der Waals surface area (Å²) in [6, 6.07) is -1.05. The van der Waals surface area contributed by atoms with Crippen LogP contribution in [0.5, 0.6) is 0 Å². The molecule has 10 heteroatoms. The number of nitrogens with one attached hydrogen (secondary N) is 1. The van der Waals surface area contributed by atoms with Gasteiger partial charge in [0, 0.05) is 6.42 Å². The third-order valence-electron chi connectivity index (χ3n) is 11.3. The van der Waals surface area contributed by atoms with Gasteiger partial charge in [-0.25, -0.2) is 4.57 Å². The van der Waals surface area contributed by atoms with Crippen LogP contribution in [0.1, 0.15) is 213 Å². The first-order chi connectivity index (χ1) is 30.4. The maximum Gasteiger partial charge on any atom is 0.472 e. The second-order valence-electron chi connectivity index (χ2n) is 18.6. The normalized spacial score (nSPS) is 15.1. The summed E-state index contributed by atoms with van der Waals surface area (Å²) in [5, 5.41) is 24.7. The summed E-state index contributed by atoms with van der Waals surface area (Å²) in [6.45, 7) is 4.46. The molecule has 0 aromatic heterocycles. The van der Waals surface area contributed by atoms with E-state index in [0.29, 0.717) is 23.9 Å². The summed E-state index contributed by atoms with van der Waals surface area (Å²) in [5.41, 5.74) is 0. The van der Waals surface area contributed by atoms with E-state index in [1.807, 2.05) is 21.1 Å². The smallest absolute Gasteiger partial charge is 0.390 e. The first-order valence-electron chi connectivity index (χ1n) is 25.7. The number of likely N-dealkylation sites (N-methyl/N-ethyl adjacent to an activating group) is 1. The lowest BCUT2D eigenvalue weighted by Gasteiger charge is -2.28. The fraction of sp³-hybridized carbons (Fsp3) is 0.792. The van der Waals surface area contributed by atoms with Gasteiger partial charge in [-0.3, -0.25) is 13.8 Å². The Morgan fingerprint density at radius 2 is 0.984 bits per heavy atom. The van der Waals surface area contributed by atoms with E-state index in [1.54, 1.807) is 0 Å². The number of hydrogen-bond donors (Lipinski definition) is 4. The lowest BCUT2D eigenvalue weighted by Crippen LogP contribution is -2.51. The number of phosphoric ester groups is 1. The summed E-state index contributed by atoms with van der Waals surface area (Å²) in [5.74, 6) is -0.271. The Morgan fingerprint density at radius 1 is 0.571 bits per heavy atom. The largest absolute Gasteiger partial charge is 0.472 e. The van der Waals surface area contributed by atoms with Crippen molar-refractivity contribution in [2.24, 2.45) is 0 Å². The number of quaternary nitrogens is 1. The van der Waals surface area contributed by atoms with Gasteiger partial charge in [0.25, 0.3) is 0 Å². The van der Waals surface area contributed by atoms with Crippen LogP contribution in [0, 0.1) is 0 Å². The van der Waals surface area contributed by atoms with Gasteiger partial charge in [-0.05, 0) is 77.0 Å². The van der Waals surface area contributed by atoms with Crippen LogP contribution >= 0.6 is 7.82 Å². The number of allylic oxidation sites excluding steroid dienone is 10. The van der Waals surface area contributed by atoms with Gasteiger partial charge in [0.15, 0.2) is 0 Å². The molecule has 0 aliphatic heterocycles. The molecule has 0 heterocycles. The quantitative estimate of drug-likeness (QED) is 0.0207. The molecule has 0 saturated carbocycles. The minimum Gasteiger partial charge on any atom is -0.390 e. The first kappa shape index (κ1) is 61.2. The van der Waals surface area contributed by atoms with Crippen molar-refractivity contribution in [3.63, 3.8) is 0 Å². The van der Waals surface area contributed by atoms with Crippen molar-refractivity contribution in [3.8, 4) is 0 Å². The van der Waals surface area contributed by atoms with Crippen LogP contribution in [0.15, 0.2) is 60.8 Å². The van der Waals surface area contributed by atoms with Crippen molar-refractivity contribution < 1.29 is 38.0 Å². The van der Waals surface area contributed by atoms with Crippen molar-refractivity contribution in [1.29, 1.82) is 0 Å². The SMILES string of the molecule is CC/C=C\C/C=C\C/C=C\C/C=C\CCCCCCCCCCCCCCCCC(=O)NC(COP(=O)(O)OCC[N+](C)(C)C)C(O)C(O)CCC/C=C/CCCCCCCCC. The molecule has 4 atom stereocenters. The molecule has 4 N–H and O–H groups in total. The molecule has 0 spiro atoms. The molecule has 0 rings (SSSR count). The number of aliphatic hydroxyl groups excluding tert-OH is 2. The average molecular weight is 908 g/mol. The first-order valence-corrected chi connectivity index (χ1v) is 27.2. The van der Waals surface area contributed by atoms with E-state index in [9.17, 15) is 24.5 Å². The molecule has 4 unspecified atom stereocenters. The Bertz CT molecular complexity index is 1230. The van der Waals surface area contributed by atoms with E-state index in [0.717, 1.165) is 64.2 Å². The third kappa shape index (κ3) is 45.1. The highest BCUT2D eigenvalue weighted by molar-refractivity contribution is 7.47. The summed E-state index contributed by atoms with van der Waals surface area (Å²) >= 11 is 0. The zero-order valence-electron chi connectivity index (χ0n) is 41.4. The summed E-state index contributed by atoms with van der Waals surface area (Å²) in [4.78, 5) is 23.3. The average Bonchev–Trinajstić information content (AvgIpc) is 3.24. The number of unbranched alkanes of at least 4 members (excludes halogenated alkanes) is 22. The van der Waals surface area contributed by atoms with E-state index in [1.165, 1.54) is 116 Å². The molecule has 0 aliphatic carbocycles. The van der Waals surface area contributed by atoms with Crippen LogP contribution in [0.2, 0.25) is 0 Å². The van der Waals surface area contributed by atoms with E-state index in [4.69, 9.17) is 9.05 Å². The van der Waals surface area contributed by atoms with Gasteiger partial charge < -0.3 is 24.9 Å². The molecule has 0 radical (unpaired) electrons. The lowest BCUT2D eigenvalue weighted by molar-refractivity contribution is -0.870. The highest BCUT2D eigenvalue weighted by Crippen LogP contribution is 2.43. The van der Waals surface area contributed by atoms with Crippen molar-refractivity contribution in [2.45, 2.75) is 231 Å². The topological polar surface area (TPSA) is 125 Å². The fourth-order valence-electron chi connectivity index (χ4n) is 7.25. The number of nitrogens with zero attached hydrogens (tertiary/aromatic N) is 1. The minimum atomic E-state index is -4.43. The molecule has 368 valence electrons. The second-order valence-corrected chi connectivity index (χ2v) is 20.1. The number of aliphatic hydroxyl groups is 2. The monoisotopic (exact) mass is 908 g/mol. The molecule has 0 aliphatic rings. The zero-order chi connectivity index (χ0) is 46.5. The van der Waals surface area contributed by atoms with Gasteiger partial charge in [0.05, 0.1) is 39.9 Å². The maximum absolute atomic E-state index is 13.0. The molecule has 0 aromatic rings. The third-order valence-corrected chi connectivity index (χ3v) is 12.3. The van der Waals surface area contributed by atoms with Gasteiger partial charge in [0.1, 0.15) is 19.3 Å². The standard InChI is InChI=1S/C53H99N2O7P/c1-6-8-10-12-14-16-18-20-21-22-23-24-25-26-27-28-29-30-31-32-33-34-36-38-40-42-44-46-52(57)54-50(49-62-63(59,60)61-48-47-55(3,4)5)53(58)51(56)45-43-41-39-37-35-19-17-15-13-11-9-7-2/h8,10,14,16,20-21,23-24,37,39,50-51,53,56,58H,6-7,9,11-13,15,17-19,22,25-36,38,40-49H2,1-5H3,(H-,54,57,59,60)/p+1/b10-8-,16-14-,21-20-,24-23-,39-37+. The summed E-state index contributed by atoms with van der Waals surface area (Å²) in [6.07, 6.45) is 54.4. The second kappa shape index (κ2) is 44.0. The molecule has 0 aromatic carbocycles. The Morgan fingerprint density at radius 3 is 1.46 bits per heavy atom. The number of phosphoric acid groups is 1. The molecule has 0 fully saturated rings. The summed E-state index contributed by atoms with van der Waals surface area (Å²) < 4.78 is 23.5. The zero-order valence-corrected chi connectivity index (χ0v) is 42.3.